The fourth-order valence-corrected chi connectivity index (χ4v) is 9.95. The number of aliphatic hydroxyl groups excluding tert-OH is 5. The molecule has 1 fully saturated rings. The van der Waals surface area contributed by atoms with Crippen molar-refractivity contribution in [2.75, 3.05) is 13.2 Å². The smallest absolute Gasteiger partial charge is 0.306 e. The number of amides is 1. The highest BCUT2D eigenvalue weighted by Gasteiger charge is 2.47. The molecule has 1 rings (SSSR count). The molecule has 0 aromatic carbocycles. The van der Waals surface area contributed by atoms with E-state index in [1.54, 1.807) is 6.08 Å². The Kier molecular flexibility index (Phi) is 51.7. The van der Waals surface area contributed by atoms with Gasteiger partial charge in [-0.15, -0.1) is 0 Å². The van der Waals surface area contributed by atoms with Crippen LogP contribution in [0.3, 0.4) is 0 Å². The largest absolute Gasteiger partial charge is 0.454 e. The molecular formula is C67H121NO10. The van der Waals surface area contributed by atoms with Crippen LogP contribution in [0.2, 0.25) is 0 Å². The molecule has 0 radical (unpaired) electrons. The highest BCUT2D eigenvalue weighted by molar-refractivity contribution is 5.80. The predicted octanol–water partition coefficient (Wildman–Crippen LogP) is 15.8. The van der Waals surface area contributed by atoms with Crippen LogP contribution >= 0.6 is 0 Å². The van der Waals surface area contributed by atoms with E-state index >= 15 is 0 Å². The third-order valence-corrected chi connectivity index (χ3v) is 15.1. The third kappa shape index (κ3) is 42.2. The summed E-state index contributed by atoms with van der Waals surface area (Å²) in [5.74, 6) is -1.20. The van der Waals surface area contributed by atoms with Gasteiger partial charge in [0.2, 0.25) is 5.91 Å². The van der Waals surface area contributed by atoms with Crippen molar-refractivity contribution in [2.24, 2.45) is 0 Å². The summed E-state index contributed by atoms with van der Waals surface area (Å²) in [6.45, 7) is 5.77. The summed E-state index contributed by atoms with van der Waals surface area (Å²) in [6, 6.07) is -1.03. The number of aliphatic hydroxyl groups is 5. The van der Waals surface area contributed by atoms with Gasteiger partial charge in [-0.3, -0.25) is 9.59 Å². The summed E-state index contributed by atoms with van der Waals surface area (Å²) >= 11 is 0. The SMILES string of the molecule is CCCCC/C=C\C/C=C\C/C=C\CCCCCCCCCC(O)C(=O)NC(COC1OC(CO)C(O)C(O)C1OC(=O)CCCCCCCCC/C=C/CCCCCCCC)C(O)/C=C/CCCCCCCCCCCC. The number of esters is 1. The number of rotatable bonds is 55. The second-order valence-corrected chi connectivity index (χ2v) is 22.5. The first-order valence-corrected chi connectivity index (χ1v) is 32.6. The van der Waals surface area contributed by atoms with Gasteiger partial charge in [0.1, 0.15) is 24.4 Å². The quantitative estimate of drug-likeness (QED) is 0.0195. The fourth-order valence-electron chi connectivity index (χ4n) is 9.95. The molecule has 1 heterocycles. The highest BCUT2D eigenvalue weighted by Crippen LogP contribution is 2.26. The van der Waals surface area contributed by atoms with Gasteiger partial charge >= 0.3 is 5.97 Å². The van der Waals surface area contributed by atoms with Crippen molar-refractivity contribution in [1.29, 1.82) is 0 Å². The number of hydrogen-bond donors (Lipinski definition) is 6. The molecule has 0 saturated carbocycles. The zero-order valence-corrected chi connectivity index (χ0v) is 50.3. The lowest BCUT2D eigenvalue weighted by Gasteiger charge is -2.41. The van der Waals surface area contributed by atoms with Crippen LogP contribution < -0.4 is 5.32 Å². The van der Waals surface area contributed by atoms with Crippen LogP contribution in [-0.4, -0.2) is 99.6 Å². The van der Waals surface area contributed by atoms with E-state index in [-0.39, 0.29) is 19.4 Å². The minimum Gasteiger partial charge on any atom is -0.454 e. The van der Waals surface area contributed by atoms with Crippen molar-refractivity contribution in [3.05, 3.63) is 60.8 Å². The minimum absolute atomic E-state index is 0.117. The molecule has 1 aliphatic rings. The van der Waals surface area contributed by atoms with Crippen molar-refractivity contribution < 1.29 is 49.3 Å². The Bertz CT molecular complexity index is 1500. The van der Waals surface area contributed by atoms with Gasteiger partial charge in [-0.25, -0.2) is 0 Å². The molecule has 1 saturated heterocycles. The topological polar surface area (TPSA) is 175 Å². The monoisotopic (exact) mass is 1100 g/mol. The molecule has 1 aliphatic heterocycles. The maximum absolute atomic E-state index is 13.4. The Morgan fingerprint density at radius 2 is 0.885 bits per heavy atom. The summed E-state index contributed by atoms with van der Waals surface area (Å²) in [4.78, 5) is 26.6. The van der Waals surface area contributed by atoms with Gasteiger partial charge < -0.3 is 45.1 Å². The Balaban J connectivity index is 2.66. The first-order valence-electron chi connectivity index (χ1n) is 32.6. The van der Waals surface area contributed by atoms with Gasteiger partial charge in [0.15, 0.2) is 12.4 Å². The third-order valence-electron chi connectivity index (χ3n) is 15.1. The van der Waals surface area contributed by atoms with E-state index in [4.69, 9.17) is 14.2 Å². The molecule has 0 spiro atoms. The van der Waals surface area contributed by atoms with Crippen LogP contribution in [0.5, 0.6) is 0 Å². The zero-order valence-electron chi connectivity index (χ0n) is 50.3. The number of nitrogens with one attached hydrogen (secondary N) is 1. The fraction of sp³-hybridized carbons (Fsp3) is 0.821. The maximum atomic E-state index is 13.4. The van der Waals surface area contributed by atoms with E-state index in [9.17, 15) is 35.1 Å². The molecule has 8 atom stereocenters. The molecule has 8 unspecified atom stereocenters. The molecule has 0 aromatic rings. The first-order chi connectivity index (χ1) is 38.2. The summed E-state index contributed by atoms with van der Waals surface area (Å²) < 4.78 is 17.6. The average Bonchev–Trinajstić information content (AvgIpc) is 3.44. The molecular weight excluding hydrogens is 979 g/mol. The van der Waals surface area contributed by atoms with Crippen LogP contribution in [0.1, 0.15) is 290 Å². The van der Waals surface area contributed by atoms with E-state index in [1.807, 2.05) is 6.08 Å². The molecule has 454 valence electrons. The lowest BCUT2D eigenvalue weighted by Crippen LogP contribution is -2.61. The number of unbranched alkanes of at least 4 members (excludes halogenated alkanes) is 33. The van der Waals surface area contributed by atoms with Gasteiger partial charge in [-0.2, -0.15) is 0 Å². The van der Waals surface area contributed by atoms with Crippen LogP contribution in [0.25, 0.3) is 0 Å². The number of ether oxygens (including phenoxy) is 3. The zero-order chi connectivity index (χ0) is 56.8. The Morgan fingerprint density at radius 1 is 0.500 bits per heavy atom. The predicted molar refractivity (Wildman–Crippen MR) is 324 cm³/mol. The van der Waals surface area contributed by atoms with E-state index in [1.165, 1.54) is 148 Å². The Labute approximate surface area is 478 Å². The average molecular weight is 1100 g/mol. The van der Waals surface area contributed by atoms with Crippen molar-refractivity contribution in [2.45, 2.75) is 339 Å². The lowest BCUT2D eigenvalue weighted by molar-refractivity contribution is -0.305. The van der Waals surface area contributed by atoms with Gasteiger partial charge in [-0.1, -0.05) is 255 Å². The molecule has 0 bridgehead atoms. The van der Waals surface area contributed by atoms with E-state index in [2.05, 4.69) is 74.7 Å². The number of carbonyl (C=O) groups excluding carboxylic acids is 2. The van der Waals surface area contributed by atoms with Crippen molar-refractivity contribution in [1.82, 2.24) is 5.32 Å². The molecule has 6 N–H and O–H groups in total. The van der Waals surface area contributed by atoms with Crippen LogP contribution in [0.4, 0.5) is 0 Å². The number of hydrogen-bond acceptors (Lipinski definition) is 10. The second kappa shape index (κ2) is 54.9. The summed E-state index contributed by atoms with van der Waals surface area (Å²) in [7, 11) is 0. The number of carbonyl (C=O) groups is 2. The standard InChI is InChI=1S/C67H121NO10/c1-4-7-10-13-16-19-22-25-27-29-30-31-33-34-36-39-42-45-48-51-54-60(71)66(75)68-58(59(70)53-50-47-44-41-38-24-21-18-15-12-9-6-3)57-76-67-65(64(74)63(73)61(56-69)77-67)78-62(72)55-52-49-46-43-40-37-35-32-28-26-23-20-17-14-11-8-5-2/h16,19,25-28,30-31,50,53,58-61,63-65,67,69-71,73-74H,4-15,17-18,20-24,29,32-49,51-52,54-57H2,1-3H3,(H,68,75)/b19-16-,27-25-,28-26+,31-30-,53-50+. The van der Waals surface area contributed by atoms with Crippen molar-refractivity contribution >= 4 is 11.9 Å². The minimum atomic E-state index is -1.62. The molecule has 11 heteroatoms. The van der Waals surface area contributed by atoms with E-state index in [0.717, 1.165) is 96.3 Å². The van der Waals surface area contributed by atoms with Gasteiger partial charge in [0, 0.05) is 6.42 Å². The molecule has 0 aliphatic carbocycles. The summed E-state index contributed by atoms with van der Waals surface area (Å²) in [5, 5.41) is 57.1. The summed E-state index contributed by atoms with van der Waals surface area (Å²) in [6.07, 6.45) is 58.2. The van der Waals surface area contributed by atoms with E-state index < -0.39 is 67.4 Å². The maximum Gasteiger partial charge on any atom is 0.306 e. The Morgan fingerprint density at radius 3 is 1.36 bits per heavy atom. The lowest BCUT2D eigenvalue weighted by atomic mass is 9.99. The molecule has 0 aromatic heterocycles. The van der Waals surface area contributed by atoms with Crippen molar-refractivity contribution in [3.63, 3.8) is 0 Å². The van der Waals surface area contributed by atoms with Crippen LogP contribution in [0.15, 0.2) is 60.8 Å². The van der Waals surface area contributed by atoms with Crippen LogP contribution in [-0.2, 0) is 23.8 Å². The van der Waals surface area contributed by atoms with Crippen LogP contribution in [0, 0.1) is 0 Å². The van der Waals surface area contributed by atoms with Gasteiger partial charge in [0.25, 0.3) is 0 Å². The van der Waals surface area contributed by atoms with Gasteiger partial charge in [0.05, 0.1) is 25.4 Å². The normalized spacial score (nSPS) is 19.3. The molecule has 1 amide bonds. The van der Waals surface area contributed by atoms with Crippen molar-refractivity contribution in [3.8, 4) is 0 Å². The molecule has 11 nitrogen and oxygen atoms in total. The first kappa shape index (κ1) is 73.4. The molecule has 78 heavy (non-hydrogen) atoms. The Hall–Kier alpha value is -2.64. The second-order valence-electron chi connectivity index (χ2n) is 22.5. The highest BCUT2D eigenvalue weighted by atomic mass is 16.7. The number of allylic oxidation sites excluding steroid dienone is 9. The van der Waals surface area contributed by atoms with E-state index in [0.29, 0.717) is 12.8 Å². The summed E-state index contributed by atoms with van der Waals surface area (Å²) in [5.41, 5.74) is 0. The van der Waals surface area contributed by atoms with Gasteiger partial charge in [-0.05, 0) is 89.9 Å².